The van der Waals surface area contributed by atoms with Crippen molar-refractivity contribution < 1.29 is 0 Å². The highest BCUT2D eigenvalue weighted by Gasteiger charge is 2.07. The molecule has 2 aromatic carbocycles. The van der Waals surface area contributed by atoms with Crippen molar-refractivity contribution in [3.8, 4) is 6.07 Å². The second kappa shape index (κ2) is 5.70. The molecule has 2 rings (SSSR count). The lowest BCUT2D eigenvalue weighted by Crippen LogP contribution is -2.11. The van der Waals surface area contributed by atoms with Crippen molar-refractivity contribution in [1.29, 1.82) is 5.26 Å². The lowest BCUT2D eigenvalue weighted by atomic mass is 10.1. The molecule has 0 unspecified atom stereocenters. The summed E-state index contributed by atoms with van der Waals surface area (Å²) in [6, 6.07) is 18.0. The Morgan fingerprint density at radius 1 is 1.11 bits per heavy atom. The molecule has 0 aromatic heterocycles. The third-order valence-corrected chi connectivity index (χ3v) is 3.48. The topological polar surface area (TPSA) is 27.0 Å². The summed E-state index contributed by atoms with van der Waals surface area (Å²) >= 11 is 3.50. The molecule has 0 heterocycles. The van der Waals surface area contributed by atoms with E-state index in [9.17, 15) is 0 Å². The monoisotopic (exact) mass is 300 g/mol. The Balaban J connectivity index is 2.35. The maximum absolute atomic E-state index is 8.80. The van der Waals surface area contributed by atoms with Crippen LogP contribution in [0.2, 0.25) is 0 Å². The van der Waals surface area contributed by atoms with Gasteiger partial charge in [0.15, 0.2) is 0 Å². The Morgan fingerprint density at radius 3 is 2.39 bits per heavy atom. The summed E-state index contributed by atoms with van der Waals surface area (Å²) in [5.41, 5.74) is 4.16. The van der Waals surface area contributed by atoms with E-state index in [1.165, 1.54) is 11.3 Å². The average molecular weight is 301 g/mol. The van der Waals surface area contributed by atoms with Gasteiger partial charge in [0.05, 0.1) is 11.6 Å². The molecule has 0 N–H and O–H groups in total. The number of para-hydroxylation sites is 1. The van der Waals surface area contributed by atoms with Gasteiger partial charge in [0.25, 0.3) is 0 Å². The summed E-state index contributed by atoms with van der Waals surface area (Å²) < 4.78 is 0. The Hall–Kier alpha value is -1.79. The Bertz CT molecular complexity index is 570. The van der Waals surface area contributed by atoms with Crippen LogP contribution in [0.1, 0.15) is 11.1 Å². The van der Waals surface area contributed by atoms with E-state index in [0.29, 0.717) is 5.56 Å². The predicted octanol–water partition coefficient (Wildman–Crippen LogP) is 4.22. The number of halogens is 1. The first-order valence-corrected chi connectivity index (χ1v) is 6.76. The van der Waals surface area contributed by atoms with Crippen LogP contribution in [0.3, 0.4) is 0 Å². The maximum Gasteiger partial charge on any atom is 0.0991 e. The molecule has 0 bridgehead atoms. The van der Waals surface area contributed by atoms with Gasteiger partial charge in [0, 0.05) is 23.8 Å². The van der Waals surface area contributed by atoms with Gasteiger partial charge in [-0.05, 0) is 35.9 Å². The van der Waals surface area contributed by atoms with Crippen LogP contribution in [0, 0.1) is 11.3 Å². The summed E-state index contributed by atoms with van der Waals surface area (Å²) in [4.78, 5) is 2.12. The number of nitrogens with zero attached hydrogens (tertiary/aromatic N) is 2. The van der Waals surface area contributed by atoms with Gasteiger partial charge in [0.2, 0.25) is 0 Å². The molecular weight excluding hydrogens is 288 g/mol. The van der Waals surface area contributed by atoms with Gasteiger partial charge in [-0.25, -0.2) is 0 Å². The number of benzene rings is 2. The second-order valence-corrected chi connectivity index (χ2v) is 4.54. The van der Waals surface area contributed by atoms with E-state index >= 15 is 0 Å². The van der Waals surface area contributed by atoms with E-state index in [1.54, 1.807) is 0 Å². The molecule has 0 aliphatic rings. The zero-order valence-electron chi connectivity index (χ0n) is 10.1. The van der Waals surface area contributed by atoms with Crippen LogP contribution < -0.4 is 4.90 Å². The zero-order valence-corrected chi connectivity index (χ0v) is 11.7. The van der Waals surface area contributed by atoms with Gasteiger partial charge in [0.1, 0.15) is 0 Å². The summed E-state index contributed by atoms with van der Waals surface area (Å²) in [7, 11) is 2.03. The Labute approximate surface area is 116 Å². The van der Waals surface area contributed by atoms with Crippen molar-refractivity contribution in [2.45, 2.75) is 5.33 Å². The van der Waals surface area contributed by atoms with E-state index in [0.717, 1.165) is 11.0 Å². The molecular formula is C15H13BrN2. The maximum atomic E-state index is 8.80. The second-order valence-electron chi connectivity index (χ2n) is 3.98. The smallest absolute Gasteiger partial charge is 0.0991 e. The van der Waals surface area contributed by atoms with E-state index in [2.05, 4.69) is 39.0 Å². The van der Waals surface area contributed by atoms with Crippen molar-refractivity contribution in [2.24, 2.45) is 0 Å². The van der Waals surface area contributed by atoms with Crippen molar-refractivity contribution in [3.05, 3.63) is 59.7 Å². The number of hydrogen-bond acceptors (Lipinski definition) is 2. The molecule has 0 fully saturated rings. The van der Waals surface area contributed by atoms with E-state index in [4.69, 9.17) is 5.26 Å². The minimum absolute atomic E-state index is 0.681. The van der Waals surface area contributed by atoms with Crippen LogP contribution in [0.5, 0.6) is 0 Å². The fraction of sp³-hybridized carbons (Fsp3) is 0.133. The van der Waals surface area contributed by atoms with Gasteiger partial charge in [-0.1, -0.05) is 34.1 Å². The molecule has 0 atom stereocenters. The number of hydrogen-bond donors (Lipinski definition) is 0. The molecule has 0 spiro atoms. The van der Waals surface area contributed by atoms with Crippen molar-refractivity contribution in [1.82, 2.24) is 0 Å². The molecule has 0 radical (unpaired) electrons. The van der Waals surface area contributed by atoms with Crippen LogP contribution in [0.25, 0.3) is 0 Å². The standard InChI is InChI=1S/C15H13BrN2/c1-18(14-8-6-12(11-17)7-9-14)15-5-3-2-4-13(15)10-16/h2-9H,10H2,1H3. The molecule has 0 saturated heterocycles. The van der Waals surface area contributed by atoms with Gasteiger partial charge in [-0.15, -0.1) is 0 Å². The van der Waals surface area contributed by atoms with Crippen LogP contribution in [-0.2, 0) is 5.33 Å². The minimum Gasteiger partial charge on any atom is -0.344 e. The first-order valence-electron chi connectivity index (χ1n) is 5.64. The fourth-order valence-corrected chi connectivity index (χ4v) is 2.32. The molecule has 2 nitrogen and oxygen atoms in total. The number of nitriles is 1. The quantitative estimate of drug-likeness (QED) is 0.794. The normalized spacial score (nSPS) is 9.83. The van der Waals surface area contributed by atoms with Crippen LogP contribution in [-0.4, -0.2) is 7.05 Å². The zero-order chi connectivity index (χ0) is 13.0. The lowest BCUT2D eigenvalue weighted by Gasteiger charge is -2.22. The molecule has 0 aliphatic heterocycles. The first-order chi connectivity index (χ1) is 8.76. The number of alkyl halides is 1. The van der Waals surface area contributed by atoms with Crippen molar-refractivity contribution in [3.63, 3.8) is 0 Å². The third kappa shape index (κ3) is 2.55. The average Bonchev–Trinajstić information content (AvgIpc) is 2.46. The molecule has 0 aliphatic carbocycles. The van der Waals surface area contributed by atoms with Crippen molar-refractivity contribution >= 4 is 27.3 Å². The molecule has 0 saturated carbocycles. The van der Waals surface area contributed by atoms with Gasteiger partial charge in [-0.3, -0.25) is 0 Å². The summed E-state index contributed by atoms with van der Waals surface area (Å²) in [6.45, 7) is 0. The summed E-state index contributed by atoms with van der Waals surface area (Å²) in [5.74, 6) is 0. The number of rotatable bonds is 3. The van der Waals surface area contributed by atoms with Gasteiger partial charge >= 0.3 is 0 Å². The fourth-order valence-electron chi connectivity index (χ4n) is 1.85. The Morgan fingerprint density at radius 2 is 1.78 bits per heavy atom. The largest absolute Gasteiger partial charge is 0.344 e. The molecule has 18 heavy (non-hydrogen) atoms. The van der Waals surface area contributed by atoms with Crippen LogP contribution in [0.15, 0.2) is 48.5 Å². The highest BCUT2D eigenvalue weighted by atomic mass is 79.9. The lowest BCUT2D eigenvalue weighted by molar-refractivity contribution is 1.18. The molecule has 90 valence electrons. The van der Waals surface area contributed by atoms with Crippen molar-refractivity contribution in [2.75, 3.05) is 11.9 Å². The number of anilines is 2. The van der Waals surface area contributed by atoms with E-state index in [-0.39, 0.29) is 0 Å². The van der Waals surface area contributed by atoms with Gasteiger partial charge < -0.3 is 4.90 Å². The van der Waals surface area contributed by atoms with Crippen LogP contribution in [0.4, 0.5) is 11.4 Å². The van der Waals surface area contributed by atoms with E-state index < -0.39 is 0 Å². The van der Waals surface area contributed by atoms with E-state index in [1.807, 2.05) is 43.4 Å². The minimum atomic E-state index is 0.681. The highest BCUT2D eigenvalue weighted by Crippen LogP contribution is 2.28. The summed E-state index contributed by atoms with van der Waals surface area (Å²) in [5, 5.41) is 9.62. The molecule has 2 aromatic rings. The molecule has 3 heteroatoms. The van der Waals surface area contributed by atoms with Gasteiger partial charge in [-0.2, -0.15) is 5.26 Å². The highest BCUT2D eigenvalue weighted by molar-refractivity contribution is 9.08. The predicted molar refractivity (Wildman–Crippen MR) is 78.3 cm³/mol. The summed E-state index contributed by atoms with van der Waals surface area (Å²) in [6.07, 6.45) is 0. The molecule has 0 amide bonds. The SMILES string of the molecule is CN(c1ccc(C#N)cc1)c1ccccc1CBr. The third-order valence-electron chi connectivity index (χ3n) is 2.88. The Kier molecular flexibility index (Phi) is 4.01. The van der Waals surface area contributed by atoms with Crippen LogP contribution >= 0.6 is 15.9 Å². The first kappa shape index (κ1) is 12.7.